The van der Waals surface area contributed by atoms with Gasteiger partial charge in [-0.2, -0.15) is 0 Å². The number of hydrogen-bond donors (Lipinski definition) is 1. The summed E-state index contributed by atoms with van der Waals surface area (Å²) in [7, 11) is 3.87. The molecule has 0 bridgehead atoms. The zero-order valence-corrected chi connectivity index (χ0v) is 7.47. The molecule has 1 unspecified atom stereocenters. The van der Waals surface area contributed by atoms with Gasteiger partial charge in [0.1, 0.15) is 0 Å². The quantitative estimate of drug-likeness (QED) is 0.617. The highest BCUT2D eigenvalue weighted by molar-refractivity contribution is 4.88. The van der Waals surface area contributed by atoms with E-state index in [0.29, 0.717) is 6.54 Å². The molecule has 0 radical (unpaired) electrons. The van der Waals surface area contributed by atoms with Crippen molar-refractivity contribution in [2.45, 2.75) is 18.4 Å². The van der Waals surface area contributed by atoms with Crippen LogP contribution in [0.1, 0.15) is 12.8 Å². The van der Waals surface area contributed by atoms with Gasteiger partial charge < -0.3 is 15.4 Å². The molecular weight excluding hydrogens is 140 g/mol. The van der Waals surface area contributed by atoms with Gasteiger partial charge in [0.15, 0.2) is 0 Å². The maximum Gasteiger partial charge on any atom is 0.0926 e. The third-order valence-electron chi connectivity index (χ3n) is 2.54. The predicted molar refractivity (Wildman–Crippen MR) is 45.5 cm³/mol. The fourth-order valence-electron chi connectivity index (χ4n) is 1.74. The van der Waals surface area contributed by atoms with Crippen LogP contribution in [0, 0.1) is 0 Å². The molecule has 66 valence electrons. The molecule has 0 aromatic heterocycles. The second-order valence-corrected chi connectivity index (χ2v) is 3.43. The Kier molecular flexibility index (Phi) is 2.87. The van der Waals surface area contributed by atoms with Gasteiger partial charge in [0, 0.05) is 20.2 Å². The SMILES string of the molecule is COC1(CN)CCCN(C)C1. The van der Waals surface area contributed by atoms with Gasteiger partial charge in [0.2, 0.25) is 0 Å². The molecule has 3 heteroatoms. The van der Waals surface area contributed by atoms with Gasteiger partial charge in [-0.25, -0.2) is 0 Å². The molecule has 1 saturated heterocycles. The molecule has 0 saturated carbocycles. The van der Waals surface area contributed by atoms with E-state index in [9.17, 15) is 0 Å². The average Bonchev–Trinajstić information content (AvgIpc) is 2.04. The first-order valence-corrected chi connectivity index (χ1v) is 4.16. The lowest BCUT2D eigenvalue weighted by molar-refractivity contribution is -0.0515. The largest absolute Gasteiger partial charge is 0.376 e. The Hall–Kier alpha value is -0.120. The van der Waals surface area contributed by atoms with E-state index in [-0.39, 0.29) is 5.60 Å². The van der Waals surface area contributed by atoms with Gasteiger partial charge in [-0.3, -0.25) is 0 Å². The topological polar surface area (TPSA) is 38.5 Å². The number of ether oxygens (including phenoxy) is 1. The average molecular weight is 158 g/mol. The summed E-state index contributed by atoms with van der Waals surface area (Å²) in [6, 6.07) is 0. The summed E-state index contributed by atoms with van der Waals surface area (Å²) < 4.78 is 5.43. The normalized spacial score (nSPS) is 34.1. The Morgan fingerprint density at radius 3 is 2.73 bits per heavy atom. The molecule has 0 spiro atoms. The van der Waals surface area contributed by atoms with Crippen molar-refractivity contribution in [2.75, 3.05) is 33.8 Å². The highest BCUT2D eigenvalue weighted by atomic mass is 16.5. The standard InChI is InChI=1S/C8H18N2O/c1-10-5-3-4-8(6-9,7-10)11-2/h3-7,9H2,1-2H3. The zero-order valence-electron chi connectivity index (χ0n) is 7.47. The van der Waals surface area contributed by atoms with Gasteiger partial charge >= 0.3 is 0 Å². The second-order valence-electron chi connectivity index (χ2n) is 3.43. The van der Waals surface area contributed by atoms with Gasteiger partial charge in [-0.05, 0) is 26.4 Å². The van der Waals surface area contributed by atoms with Crippen LogP contribution in [0.25, 0.3) is 0 Å². The highest BCUT2D eigenvalue weighted by Gasteiger charge is 2.32. The lowest BCUT2D eigenvalue weighted by Crippen LogP contribution is -2.52. The number of likely N-dealkylation sites (tertiary alicyclic amines) is 1. The lowest BCUT2D eigenvalue weighted by atomic mass is 9.93. The summed E-state index contributed by atoms with van der Waals surface area (Å²) in [6.45, 7) is 2.78. The van der Waals surface area contributed by atoms with Crippen LogP contribution in [0.4, 0.5) is 0 Å². The van der Waals surface area contributed by atoms with Crippen molar-refractivity contribution in [3.05, 3.63) is 0 Å². The molecule has 0 aromatic carbocycles. The first-order valence-electron chi connectivity index (χ1n) is 4.16. The van der Waals surface area contributed by atoms with E-state index in [1.54, 1.807) is 7.11 Å². The Bertz CT molecular complexity index is 123. The molecule has 11 heavy (non-hydrogen) atoms. The molecule has 2 N–H and O–H groups in total. The van der Waals surface area contributed by atoms with Crippen LogP contribution in [0.5, 0.6) is 0 Å². The fraction of sp³-hybridized carbons (Fsp3) is 1.00. The summed E-state index contributed by atoms with van der Waals surface area (Å²) in [5, 5.41) is 0. The molecule has 0 amide bonds. The second kappa shape index (κ2) is 3.52. The molecule has 1 rings (SSSR count). The maximum atomic E-state index is 5.66. The minimum atomic E-state index is -0.0625. The van der Waals surface area contributed by atoms with Crippen molar-refractivity contribution in [1.82, 2.24) is 4.90 Å². The number of nitrogens with zero attached hydrogens (tertiary/aromatic N) is 1. The molecule has 1 heterocycles. The minimum absolute atomic E-state index is 0.0625. The van der Waals surface area contributed by atoms with E-state index in [1.807, 2.05) is 0 Å². The van der Waals surface area contributed by atoms with Crippen LogP contribution < -0.4 is 5.73 Å². The first kappa shape index (κ1) is 8.97. The summed E-state index contributed by atoms with van der Waals surface area (Å²) in [5.74, 6) is 0. The van der Waals surface area contributed by atoms with Crippen molar-refractivity contribution in [2.24, 2.45) is 5.73 Å². The number of likely N-dealkylation sites (N-methyl/N-ethyl adjacent to an activating group) is 1. The first-order chi connectivity index (χ1) is 5.22. The summed E-state index contributed by atoms with van der Waals surface area (Å²) in [6.07, 6.45) is 2.30. The van der Waals surface area contributed by atoms with Gasteiger partial charge in [-0.15, -0.1) is 0 Å². The summed E-state index contributed by atoms with van der Waals surface area (Å²) in [5.41, 5.74) is 5.60. The number of nitrogens with two attached hydrogens (primary N) is 1. The van der Waals surface area contributed by atoms with E-state index in [2.05, 4.69) is 11.9 Å². The Balaban J connectivity index is 2.52. The van der Waals surface area contributed by atoms with Crippen LogP contribution in [0.15, 0.2) is 0 Å². The van der Waals surface area contributed by atoms with Crippen LogP contribution in [0.3, 0.4) is 0 Å². The van der Waals surface area contributed by atoms with Crippen LogP contribution in [-0.4, -0.2) is 44.3 Å². The molecule has 1 aliphatic rings. The molecule has 0 aliphatic carbocycles. The summed E-state index contributed by atoms with van der Waals surface area (Å²) >= 11 is 0. The Morgan fingerprint density at radius 1 is 1.64 bits per heavy atom. The summed E-state index contributed by atoms with van der Waals surface area (Å²) in [4.78, 5) is 2.28. The van der Waals surface area contributed by atoms with E-state index < -0.39 is 0 Å². The molecule has 1 fully saturated rings. The maximum absolute atomic E-state index is 5.66. The lowest BCUT2D eigenvalue weighted by Gasteiger charge is -2.39. The molecule has 1 atom stereocenters. The van der Waals surface area contributed by atoms with Gasteiger partial charge in [0.05, 0.1) is 5.60 Å². The van der Waals surface area contributed by atoms with Gasteiger partial charge in [-0.1, -0.05) is 0 Å². The predicted octanol–water partition coefficient (Wildman–Crippen LogP) is 0.0559. The van der Waals surface area contributed by atoms with E-state index in [0.717, 1.165) is 13.0 Å². The number of hydrogen-bond acceptors (Lipinski definition) is 3. The fourth-order valence-corrected chi connectivity index (χ4v) is 1.74. The van der Waals surface area contributed by atoms with E-state index >= 15 is 0 Å². The van der Waals surface area contributed by atoms with Gasteiger partial charge in [0.25, 0.3) is 0 Å². The minimum Gasteiger partial charge on any atom is -0.376 e. The molecule has 3 nitrogen and oxygen atoms in total. The number of methoxy groups -OCH3 is 1. The third kappa shape index (κ3) is 1.92. The van der Waals surface area contributed by atoms with Crippen molar-refractivity contribution in [3.63, 3.8) is 0 Å². The van der Waals surface area contributed by atoms with Crippen molar-refractivity contribution in [1.29, 1.82) is 0 Å². The van der Waals surface area contributed by atoms with Crippen molar-refractivity contribution in [3.8, 4) is 0 Å². The Morgan fingerprint density at radius 2 is 2.36 bits per heavy atom. The Labute approximate surface area is 68.5 Å². The highest BCUT2D eigenvalue weighted by Crippen LogP contribution is 2.21. The molecule has 1 aliphatic heterocycles. The zero-order chi connectivity index (χ0) is 8.32. The van der Waals surface area contributed by atoms with Crippen molar-refractivity contribution < 1.29 is 4.74 Å². The molecule has 0 aromatic rings. The monoisotopic (exact) mass is 158 g/mol. The number of rotatable bonds is 2. The number of piperidine rings is 1. The van der Waals surface area contributed by atoms with Crippen LogP contribution in [0.2, 0.25) is 0 Å². The van der Waals surface area contributed by atoms with Crippen LogP contribution >= 0.6 is 0 Å². The van der Waals surface area contributed by atoms with E-state index in [4.69, 9.17) is 10.5 Å². The van der Waals surface area contributed by atoms with Crippen molar-refractivity contribution >= 4 is 0 Å². The van der Waals surface area contributed by atoms with Crippen LogP contribution in [-0.2, 0) is 4.74 Å². The third-order valence-corrected chi connectivity index (χ3v) is 2.54. The smallest absolute Gasteiger partial charge is 0.0926 e. The van der Waals surface area contributed by atoms with E-state index in [1.165, 1.54) is 13.0 Å². The molecular formula is C8H18N2O.